The number of aromatic hydroxyl groups is 1. The maximum absolute atomic E-state index is 12.6. The molecule has 7 heteroatoms. The van der Waals surface area contributed by atoms with Crippen molar-refractivity contribution in [1.29, 1.82) is 0 Å². The second kappa shape index (κ2) is 6.17. The van der Waals surface area contributed by atoms with Gasteiger partial charge in [-0.2, -0.15) is 0 Å². The smallest absolute Gasteiger partial charge is 0.331 e. The van der Waals surface area contributed by atoms with Crippen molar-refractivity contribution in [1.82, 2.24) is 19.4 Å². The number of rotatable bonds is 3. The van der Waals surface area contributed by atoms with E-state index in [1.807, 2.05) is 37.1 Å². The molecule has 0 bridgehead atoms. The SMILES string of the molecule is CCCn1c(O)c(C2c3[nH]c4ccccc4c3CCN2C)c(=O)[nH]c1=O. The number of likely N-dealkylation sites (N-methyl/N-ethyl adjacent to an activating group) is 1. The number of benzene rings is 1. The van der Waals surface area contributed by atoms with Gasteiger partial charge >= 0.3 is 5.69 Å². The van der Waals surface area contributed by atoms with E-state index in [4.69, 9.17) is 0 Å². The van der Waals surface area contributed by atoms with Crippen LogP contribution in [0.5, 0.6) is 5.88 Å². The van der Waals surface area contributed by atoms with E-state index in [9.17, 15) is 14.7 Å². The van der Waals surface area contributed by atoms with E-state index in [1.165, 1.54) is 4.57 Å². The van der Waals surface area contributed by atoms with Gasteiger partial charge in [-0.3, -0.25) is 19.2 Å². The average Bonchev–Trinajstić information content (AvgIpc) is 2.99. The molecule has 0 fully saturated rings. The van der Waals surface area contributed by atoms with Gasteiger partial charge in [0.25, 0.3) is 5.56 Å². The lowest BCUT2D eigenvalue weighted by Gasteiger charge is -2.33. The number of nitrogens with one attached hydrogen (secondary N) is 2. The van der Waals surface area contributed by atoms with Gasteiger partial charge in [-0.1, -0.05) is 25.1 Å². The second-order valence-corrected chi connectivity index (χ2v) is 6.84. The van der Waals surface area contributed by atoms with E-state index in [2.05, 4.69) is 16.0 Å². The van der Waals surface area contributed by atoms with Gasteiger partial charge < -0.3 is 10.1 Å². The fourth-order valence-electron chi connectivity index (χ4n) is 3.98. The summed E-state index contributed by atoms with van der Waals surface area (Å²) in [7, 11) is 1.92. The summed E-state index contributed by atoms with van der Waals surface area (Å²) < 4.78 is 1.24. The van der Waals surface area contributed by atoms with Gasteiger partial charge in [-0.25, -0.2) is 4.79 Å². The molecule has 0 radical (unpaired) electrons. The number of hydrogen-bond donors (Lipinski definition) is 3. The van der Waals surface area contributed by atoms with E-state index in [0.29, 0.717) is 13.0 Å². The highest BCUT2D eigenvalue weighted by molar-refractivity contribution is 5.85. The van der Waals surface area contributed by atoms with Crippen LogP contribution in [-0.2, 0) is 13.0 Å². The lowest BCUT2D eigenvalue weighted by atomic mass is 9.94. The molecular formula is C19H22N4O3. The van der Waals surface area contributed by atoms with Gasteiger partial charge in [0.15, 0.2) is 0 Å². The van der Waals surface area contributed by atoms with Crippen molar-refractivity contribution in [2.75, 3.05) is 13.6 Å². The molecular weight excluding hydrogens is 332 g/mol. The summed E-state index contributed by atoms with van der Waals surface area (Å²) in [6, 6.07) is 7.60. The minimum absolute atomic E-state index is 0.216. The zero-order valence-electron chi connectivity index (χ0n) is 14.9. The van der Waals surface area contributed by atoms with Crippen LogP contribution in [0, 0.1) is 0 Å². The zero-order valence-corrected chi connectivity index (χ0v) is 14.9. The highest BCUT2D eigenvalue weighted by Gasteiger charge is 2.34. The van der Waals surface area contributed by atoms with Crippen molar-refractivity contribution < 1.29 is 5.11 Å². The molecule has 0 saturated carbocycles. The normalized spacial score (nSPS) is 17.5. The highest BCUT2D eigenvalue weighted by atomic mass is 16.3. The minimum Gasteiger partial charge on any atom is -0.494 e. The number of fused-ring (bicyclic) bond motifs is 3. The van der Waals surface area contributed by atoms with Crippen molar-refractivity contribution in [2.45, 2.75) is 32.4 Å². The van der Waals surface area contributed by atoms with Gasteiger partial charge in [0.1, 0.15) is 5.56 Å². The number of aromatic amines is 2. The van der Waals surface area contributed by atoms with Crippen LogP contribution in [0.1, 0.15) is 36.2 Å². The van der Waals surface area contributed by atoms with E-state index < -0.39 is 17.3 Å². The summed E-state index contributed by atoms with van der Waals surface area (Å²) in [5.74, 6) is -0.246. The monoisotopic (exact) mass is 354 g/mol. The van der Waals surface area contributed by atoms with Gasteiger partial charge in [0.2, 0.25) is 5.88 Å². The third-order valence-corrected chi connectivity index (χ3v) is 5.20. The van der Waals surface area contributed by atoms with Gasteiger partial charge in [-0.15, -0.1) is 0 Å². The minimum atomic E-state index is -0.576. The molecule has 3 N–H and O–H groups in total. The Hall–Kier alpha value is -2.80. The molecule has 3 heterocycles. The fourth-order valence-corrected chi connectivity index (χ4v) is 3.98. The highest BCUT2D eigenvalue weighted by Crippen LogP contribution is 2.38. The van der Waals surface area contributed by atoms with E-state index >= 15 is 0 Å². The summed E-state index contributed by atoms with van der Waals surface area (Å²) in [4.78, 5) is 32.5. The Morgan fingerprint density at radius 2 is 2.00 bits per heavy atom. The predicted molar refractivity (Wildman–Crippen MR) is 99.8 cm³/mol. The first kappa shape index (κ1) is 16.7. The molecule has 1 unspecified atom stereocenters. The molecule has 3 aromatic rings. The van der Waals surface area contributed by atoms with Gasteiger partial charge in [-0.05, 0) is 31.5 Å². The molecule has 136 valence electrons. The van der Waals surface area contributed by atoms with Crippen LogP contribution in [-0.4, -0.2) is 38.1 Å². The first-order valence-electron chi connectivity index (χ1n) is 8.88. The summed E-state index contributed by atoms with van der Waals surface area (Å²) in [6.45, 7) is 3.02. The molecule has 1 aromatic carbocycles. The Balaban J connectivity index is 1.99. The van der Waals surface area contributed by atoms with Crippen LogP contribution in [0.15, 0.2) is 33.9 Å². The van der Waals surface area contributed by atoms with E-state index in [-0.39, 0.29) is 11.4 Å². The van der Waals surface area contributed by atoms with Crippen LogP contribution in [0.2, 0.25) is 0 Å². The van der Waals surface area contributed by atoms with Crippen LogP contribution in [0.4, 0.5) is 0 Å². The molecule has 0 aliphatic carbocycles. The third-order valence-electron chi connectivity index (χ3n) is 5.20. The van der Waals surface area contributed by atoms with Crippen molar-refractivity contribution in [3.05, 3.63) is 61.9 Å². The molecule has 0 spiro atoms. The average molecular weight is 354 g/mol. The number of hydrogen-bond acceptors (Lipinski definition) is 4. The first-order valence-corrected chi connectivity index (χ1v) is 8.88. The lowest BCUT2D eigenvalue weighted by molar-refractivity contribution is 0.249. The largest absolute Gasteiger partial charge is 0.494 e. The van der Waals surface area contributed by atoms with Crippen molar-refractivity contribution in [3.8, 4) is 5.88 Å². The van der Waals surface area contributed by atoms with Crippen molar-refractivity contribution in [3.63, 3.8) is 0 Å². The van der Waals surface area contributed by atoms with Crippen molar-refractivity contribution in [2.24, 2.45) is 0 Å². The van der Waals surface area contributed by atoms with Crippen LogP contribution >= 0.6 is 0 Å². The Morgan fingerprint density at radius 1 is 1.23 bits per heavy atom. The molecule has 26 heavy (non-hydrogen) atoms. The molecule has 1 aliphatic rings. The summed E-state index contributed by atoms with van der Waals surface area (Å²) in [5, 5.41) is 11.9. The zero-order chi connectivity index (χ0) is 18.4. The van der Waals surface area contributed by atoms with Crippen molar-refractivity contribution >= 4 is 10.9 Å². The van der Waals surface area contributed by atoms with Gasteiger partial charge in [0, 0.05) is 29.7 Å². The molecule has 0 saturated heterocycles. The summed E-state index contributed by atoms with van der Waals surface area (Å²) in [6.07, 6.45) is 1.54. The summed E-state index contributed by atoms with van der Waals surface area (Å²) in [5.41, 5.74) is 2.18. The van der Waals surface area contributed by atoms with Crippen LogP contribution in [0.3, 0.4) is 0 Å². The molecule has 0 amide bonds. The topological polar surface area (TPSA) is 94.1 Å². The summed E-state index contributed by atoms with van der Waals surface area (Å²) >= 11 is 0. The Morgan fingerprint density at radius 3 is 2.77 bits per heavy atom. The molecule has 7 nitrogen and oxygen atoms in total. The predicted octanol–water partition coefficient (Wildman–Crippen LogP) is 1.71. The van der Waals surface area contributed by atoms with E-state index in [1.54, 1.807) is 0 Å². The molecule has 1 atom stereocenters. The quantitative estimate of drug-likeness (QED) is 0.667. The van der Waals surface area contributed by atoms with E-state index in [0.717, 1.165) is 35.1 Å². The third kappa shape index (κ3) is 2.39. The standard InChI is InChI=1S/C19H22N4O3/c1-3-9-23-18(25)14(17(24)21-19(23)26)16-15-12(8-10-22(16)2)11-6-4-5-7-13(11)20-15/h4-7,16,20,25H,3,8-10H2,1-2H3,(H,21,24,26). The maximum atomic E-state index is 12.6. The van der Waals surface area contributed by atoms with Crippen LogP contribution < -0.4 is 11.2 Å². The molecule has 1 aliphatic heterocycles. The first-order chi connectivity index (χ1) is 12.5. The molecule has 2 aromatic heterocycles. The number of H-pyrrole nitrogens is 2. The number of para-hydroxylation sites is 1. The second-order valence-electron chi connectivity index (χ2n) is 6.84. The Bertz CT molecular complexity index is 1090. The maximum Gasteiger partial charge on any atom is 0.331 e. The van der Waals surface area contributed by atoms with Gasteiger partial charge in [0.05, 0.1) is 6.04 Å². The van der Waals surface area contributed by atoms with Crippen LogP contribution in [0.25, 0.3) is 10.9 Å². The lowest BCUT2D eigenvalue weighted by Crippen LogP contribution is -2.40. The Labute approximate surface area is 149 Å². The fraction of sp³-hybridized carbons (Fsp3) is 0.368. The number of nitrogens with zero attached hydrogens (tertiary/aromatic N) is 2. The molecule has 4 rings (SSSR count). The Kier molecular flexibility index (Phi) is 3.96. The number of aromatic nitrogens is 3.